The van der Waals surface area contributed by atoms with Gasteiger partial charge in [-0.3, -0.25) is 9.79 Å². The largest absolute Gasteiger partial charge is 0.491 e. The Morgan fingerprint density at radius 2 is 2.00 bits per heavy atom. The van der Waals surface area contributed by atoms with Crippen LogP contribution in [-0.2, 0) is 17.8 Å². The highest BCUT2D eigenvalue weighted by atomic mass is 16.5. The van der Waals surface area contributed by atoms with Gasteiger partial charge in [0.05, 0.1) is 6.61 Å². The Kier molecular flexibility index (Phi) is 9.78. The molecular formula is C22H32N4O3. The van der Waals surface area contributed by atoms with E-state index in [1.54, 1.807) is 30.9 Å². The van der Waals surface area contributed by atoms with Crippen molar-refractivity contribution in [2.45, 2.75) is 32.9 Å². The minimum atomic E-state index is 0.0413. The standard InChI is InChI=1S/C22H32N4O3/c1-18-9-10-19(20(16-18)29-15-14-28-3)17-25-22(23-2)24-11-5-7-13-26-12-6-4-8-21(26)27/h4,6,8-10,12,16H,5,7,11,13-15,17H2,1-3H3,(H2,23,24,25). The Labute approximate surface area is 172 Å². The number of methoxy groups -OCH3 is 1. The predicted octanol–water partition coefficient (Wildman–Crippen LogP) is 2.33. The van der Waals surface area contributed by atoms with Crippen molar-refractivity contribution in [1.29, 1.82) is 0 Å². The number of aliphatic imine (C=N–C) groups is 1. The van der Waals surface area contributed by atoms with Gasteiger partial charge in [-0.25, -0.2) is 0 Å². The molecule has 0 saturated carbocycles. The molecule has 1 aromatic heterocycles. The van der Waals surface area contributed by atoms with Crippen LogP contribution in [0, 0.1) is 6.92 Å². The number of nitrogens with one attached hydrogen (secondary N) is 2. The van der Waals surface area contributed by atoms with Gasteiger partial charge in [0, 0.05) is 51.6 Å². The van der Waals surface area contributed by atoms with Crippen LogP contribution in [0.25, 0.3) is 0 Å². The van der Waals surface area contributed by atoms with Crippen molar-refractivity contribution in [3.63, 3.8) is 0 Å². The van der Waals surface area contributed by atoms with Crippen LogP contribution in [0.2, 0.25) is 0 Å². The van der Waals surface area contributed by atoms with Crippen LogP contribution >= 0.6 is 0 Å². The molecule has 1 heterocycles. The molecule has 0 aliphatic heterocycles. The third-order valence-electron chi connectivity index (χ3n) is 4.45. The van der Waals surface area contributed by atoms with E-state index in [0.717, 1.165) is 48.8 Å². The maximum atomic E-state index is 11.7. The van der Waals surface area contributed by atoms with E-state index in [0.29, 0.717) is 19.8 Å². The minimum Gasteiger partial charge on any atom is -0.491 e. The highest BCUT2D eigenvalue weighted by Crippen LogP contribution is 2.20. The van der Waals surface area contributed by atoms with Crippen LogP contribution in [0.3, 0.4) is 0 Å². The van der Waals surface area contributed by atoms with Crippen LogP contribution in [0.1, 0.15) is 24.0 Å². The predicted molar refractivity (Wildman–Crippen MR) is 117 cm³/mol. The Morgan fingerprint density at radius 3 is 2.76 bits per heavy atom. The number of rotatable bonds is 11. The summed E-state index contributed by atoms with van der Waals surface area (Å²) in [5.74, 6) is 1.60. The molecule has 0 aliphatic rings. The molecule has 2 rings (SSSR count). The van der Waals surface area contributed by atoms with Crippen LogP contribution in [0.15, 0.2) is 52.4 Å². The van der Waals surface area contributed by atoms with E-state index in [9.17, 15) is 4.79 Å². The molecule has 0 saturated heterocycles. The van der Waals surface area contributed by atoms with Gasteiger partial charge in [-0.2, -0.15) is 0 Å². The van der Waals surface area contributed by atoms with Gasteiger partial charge < -0.3 is 24.7 Å². The molecule has 0 amide bonds. The lowest BCUT2D eigenvalue weighted by molar-refractivity contribution is 0.145. The number of aryl methyl sites for hydroxylation is 2. The number of unbranched alkanes of at least 4 members (excludes halogenated alkanes) is 1. The summed E-state index contributed by atoms with van der Waals surface area (Å²) in [6, 6.07) is 11.4. The summed E-state index contributed by atoms with van der Waals surface area (Å²) in [5, 5.41) is 6.64. The smallest absolute Gasteiger partial charge is 0.250 e. The van der Waals surface area contributed by atoms with E-state index in [1.165, 1.54) is 0 Å². The summed E-state index contributed by atoms with van der Waals surface area (Å²) in [6.45, 7) is 5.24. The minimum absolute atomic E-state index is 0.0413. The first kappa shape index (κ1) is 22.5. The zero-order valence-corrected chi connectivity index (χ0v) is 17.6. The monoisotopic (exact) mass is 400 g/mol. The van der Waals surface area contributed by atoms with Crippen molar-refractivity contribution in [3.05, 3.63) is 64.1 Å². The lowest BCUT2D eigenvalue weighted by atomic mass is 10.1. The third-order valence-corrected chi connectivity index (χ3v) is 4.45. The SMILES string of the molecule is CN=C(NCCCCn1ccccc1=O)NCc1ccc(C)cc1OCCOC. The van der Waals surface area contributed by atoms with Crippen molar-refractivity contribution in [3.8, 4) is 5.75 Å². The molecule has 7 nitrogen and oxygen atoms in total. The Balaban J connectivity index is 1.76. The van der Waals surface area contributed by atoms with Gasteiger partial charge in [0.2, 0.25) is 5.56 Å². The average Bonchev–Trinajstić information content (AvgIpc) is 2.72. The van der Waals surface area contributed by atoms with Crippen molar-refractivity contribution < 1.29 is 9.47 Å². The fourth-order valence-corrected chi connectivity index (χ4v) is 2.84. The molecule has 0 spiro atoms. The number of pyridine rings is 1. The summed E-state index contributed by atoms with van der Waals surface area (Å²) in [5.41, 5.74) is 2.26. The first-order valence-corrected chi connectivity index (χ1v) is 9.95. The molecule has 2 N–H and O–H groups in total. The van der Waals surface area contributed by atoms with Gasteiger partial charge in [-0.1, -0.05) is 18.2 Å². The molecule has 0 unspecified atom stereocenters. The highest BCUT2D eigenvalue weighted by molar-refractivity contribution is 5.79. The van der Waals surface area contributed by atoms with Gasteiger partial charge in [-0.05, 0) is 37.5 Å². The van der Waals surface area contributed by atoms with E-state index in [-0.39, 0.29) is 5.56 Å². The van der Waals surface area contributed by atoms with Gasteiger partial charge in [-0.15, -0.1) is 0 Å². The van der Waals surface area contributed by atoms with Crippen LogP contribution in [0.5, 0.6) is 5.75 Å². The van der Waals surface area contributed by atoms with Crippen molar-refractivity contribution >= 4 is 5.96 Å². The van der Waals surface area contributed by atoms with Crippen molar-refractivity contribution in [1.82, 2.24) is 15.2 Å². The number of nitrogens with zero attached hydrogens (tertiary/aromatic N) is 2. The maximum absolute atomic E-state index is 11.7. The van der Waals surface area contributed by atoms with Crippen molar-refractivity contribution in [2.24, 2.45) is 4.99 Å². The lowest BCUT2D eigenvalue weighted by Gasteiger charge is -2.15. The van der Waals surface area contributed by atoms with Crippen LogP contribution in [-0.4, -0.2) is 44.4 Å². The lowest BCUT2D eigenvalue weighted by Crippen LogP contribution is -2.37. The second-order valence-corrected chi connectivity index (χ2v) is 6.74. The van der Waals surface area contributed by atoms with Gasteiger partial charge in [0.1, 0.15) is 12.4 Å². The summed E-state index contributed by atoms with van der Waals surface area (Å²) < 4.78 is 12.6. The second kappa shape index (κ2) is 12.6. The Morgan fingerprint density at radius 1 is 1.14 bits per heavy atom. The summed E-state index contributed by atoms with van der Waals surface area (Å²) in [6.07, 6.45) is 3.69. The van der Waals surface area contributed by atoms with E-state index in [2.05, 4.69) is 27.8 Å². The molecule has 158 valence electrons. The Hall–Kier alpha value is -2.80. The van der Waals surface area contributed by atoms with E-state index in [4.69, 9.17) is 9.47 Å². The number of aromatic nitrogens is 1. The summed E-state index contributed by atoms with van der Waals surface area (Å²) >= 11 is 0. The van der Waals surface area contributed by atoms with Crippen molar-refractivity contribution in [2.75, 3.05) is 33.9 Å². The first-order valence-electron chi connectivity index (χ1n) is 9.95. The topological polar surface area (TPSA) is 76.9 Å². The molecule has 7 heteroatoms. The molecule has 0 bridgehead atoms. The highest BCUT2D eigenvalue weighted by Gasteiger charge is 2.06. The number of benzene rings is 1. The molecular weight excluding hydrogens is 368 g/mol. The number of guanidine groups is 1. The average molecular weight is 401 g/mol. The maximum Gasteiger partial charge on any atom is 0.250 e. The van der Waals surface area contributed by atoms with E-state index in [1.807, 2.05) is 25.3 Å². The third kappa shape index (κ3) is 7.99. The first-order chi connectivity index (χ1) is 14.1. The normalized spacial score (nSPS) is 11.3. The fraction of sp³-hybridized carbons (Fsp3) is 0.455. The zero-order valence-electron chi connectivity index (χ0n) is 17.6. The summed E-state index contributed by atoms with van der Waals surface area (Å²) in [7, 11) is 3.42. The number of hydrogen-bond acceptors (Lipinski definition) is 4. The van der Waals surface area contributed by atoms with Crippen LogP contribution in [0.4, 0.5) is 0 Å². The van der Waals surface area contributed by atoms with Gasteiger partial charge in [0.25, 0.3) is 0 Å². The molecule has 0 atom stereocenters. The number of hydrogen-bond donors (Lipinski definition) is 2. The summed E-state index contributed by atoms with van der Waals surface area (Å²) in [4.78, 5) is 16.0. The van der Waals surface area contributed by atoms with E-state index < -0.39 is 0 Å². The molecule has 29 heavy (non-hydrogen) atoms. The molecule has 0 radical (unpaired) electrons. The van der Waals surface area contributed by atoms with Gasteiger partial charge in [0.15, 0.2) is 5.96 Å². The molecule has 0 aliphatic carbocycles. The van der Waals surface area contributed by atoms with Crippen LogP contribution < -0.4 is 20.9 Å². The number of ether oxygens (including phenoxy) is 2. The Bertz CT molecular complexity index is 833. The molecule has 0 fully saturated rings. The second-order valence-electron chi connectivity index (χ2n) is 6.74. The molecule has 1 aromatic carbocycles. The fourth-order valence-electron chi connectivity index (χ4n) is 2.84. The van der Waals surface area contributed by atoms with E-state index >= 15 is 0 Å². The molecule has 2 aromatic rings. The van der Waals surface area contributed by atoms with Gasteiger partial charge >= 0.3 is 0 Å². The quantitative estimate of drug-likeness (QED) is 0.344. The zero-order chi connectivity index (χ0) is 20.9.